The summed E-state index contributed by atoms with van der Waals surface area (Å²) in [5.41, 5.74) is 0.932. The molecule has 0 unspecified atom stereocenters. The Morgan fingerprint density at radius 1 is 1.22 bits per heavy atom. The van der Waals surface area contributed by atoms with Crippen molar-refractivity contribution in [3.8, 4) is 5.75 Å². The highest BCUT2D eigenvalue weighted by molar-refractivity contribution is 6.30. The van der Waals surface area contributed by atoms with Crippen molar-refractivity contribution in [1.82, 2.24) is 0 Å². The topological polar surface area (TPSA) is 75.3 Å². The molecule has 0 saturated heterocycles. The predicted molar refractivity (Wildman–Crippen MR) is 88.0 cm³/mol. The summed E-state index contributed by atoms with van der Waals surface area (Å²) >= 11 is 5.81. The molecule has 3 rings (SSSR count). The molecule has 0 aliphatic rings. The first-order chi connectivity index (χ1) is 11.1. The number of halogens is 1. The molecule has 0 fully saturated rings. The molecule has 6 heteroatoms. The summed E-state index contributed by atoms with van der Waals surface area (Å²) in [4.78, 5) is 12.4. The fraction of sp³-hybridized carbons (Fsp3) is 0.0588. The number of hydrogen-bond donors (Lipinski definition) is 2. The summed E-state index contributed by atoms with van der Waals surface area (Å²) in [5.74, 6) is 0.0893. The average molecular weight is 329 g/mol. The molecule has 0 saturated carbocycles. The number of anilines is 1. The van der Waals surface area contributed by atoms with E-state index in [-0.39, 0.29) is 11.1 Å². The van der Waals surface area contributed by atoms with Crippen LogP contribution in [-0.2, 0) is 0 Å². The molecule has 2 N–H and O–H groups in total. The van der Waals surface area contributed by atoms with Crippen molar-refractivity contribution in [3.05, 3.63) is 64.7 Å². The van der Waals surface area contributed by atoms with Crippen molar-refractivity contribution in [1.29, 1.82) is 5.41 Å². The van der Waals surface area contributed by atoms with Gasteiger partial charge in [-0.2, -0.15) is 0 Å². The maximum atomic E-state index is 12.4. The van der Waals surface area contributed by atoms with Gasteiger partial charge in [0.05, 0.1) is 7.11 Å². The van der Waals surface area contributed by atoms with Crippen molar-refractivity contribution in [3.63, 3.8) is 0 Å². The third kappa shape index (κ3) is 3.05. The first-order valence-electron chi connectivity index (χ1n) is 6.81. The summed E-state index contributed by atoms with van der Waals surface area (Å²) in [7, 11) is 1.52. The first kappa shape index (κ1) is 15.1. The molecule has 1 heterocycles. The van der Waals surface area contributed by atoms with E-state index in [1.165, 1.54) is 7.11 Å². The Bertz CT molecular complexity index is 933. The van der Waals surface area contributed by atoms with Gasteiger partial charge in [0.2, 0.25) is 5.55 Å². The minimum Gasteiger partial charge on any atom is -0.493 e. The van der Waals surface area contributed by atoms with E-state index in [9.17, 15) is 4.79 Å². The number of hydrogen-bond acceptors (Lipinski definition) is 4. The molecule has 0 bridgehead atoms. The highest BCUT2D eigenvalue weighted by atomic mass is 35.5. The number of fused-ring (bicyclic) bond motifs is 1. The standard InChI is InChI=1S/C17H13ClN2O3/c1-22-14-4-2-3-10-9-13(16(19)23-15(10)14)17(21)20-12-7-5-11(18)6-8-12/h2-9,19H,1H3,(H,20,21). The largest absolute Gasteiger partial charge is 0.493 e. The fourth-order valence-electron chi connectivity index (χ4n) is 2.19. The second kappa shape index (κ2) is 6.14. The van der Waals surface area contributed by atoms with Gasteiger partial charge in [-0.3, -0.25) is 10.2 Å². The summed E-state index contributed by atoms with van der Waals surface area (Å²) in [6.07, 6.45) is 0. The van der Waals surface area contributed by atoms with Crippen LogP contribution in [0, 0.1) is 5.41 Å². The molecule has 2 aromatic carbocycles. The van der Waals surface area contributed by atoms with Gasteiger partial charge in [-0.25, -0.2) is 0 Å². The molecule has 0 aliphatic heterocycles. The number of methoxy groups -OCH3 is 1. The van der Waals surface area contributed by atoms with Gasteiger partial charge in [0.15, 0.2) is 11.3 Å². The molecular weight excluding hydrogens is 316 g/mol. The van der Waals surface area contributed by atoms with Crippen molar-refractivity contribution >= 4 is 34.2 Å². The molecule has 3 aromatic rings. The molecule has 5 nitrogen and oxygen atoms in total. The highest BCUT2D eigenvalue weighted by Crippen LogP contribution is 2.24. The third-order valence-corrected chi connectivity index (χ3v) is 3.58. The van der Waals surface area contributed by atoms with Gasteiger partial charge in [-0.1, -0.05) is 23.7 Å². The molecule has 116 valence electrons. The number of amides is 1. The Kier molecular flexibility index (Phi) is 4.04. The smallest absolute Gasteiger partial charge is 0.261 e. The summed E-state index contributed by atoms with van der Waals surface area (Å²) < 4.78 is 10.7. The van der Waals surface area contributed by atoms with E-state index < -0.39 is 5.91 Å². The zero-order valence-corrected chi connectivity index (χ0v) is 13.0. The van der Waals surface area contributed by atoms with Gasteiger partial charge in [-0.15, -0.1) is 0 Å². The van der Waals surface area contributed by atoms with Crippen molar-refractivity contribution in [2.45, 2.75) is 0 Å². The number of carbonyl (C=O) groups excluding carboxylic acids is 1. The number of nitrogens with one attached hydrogen (secondary N) is 2. The molecule has 1 amide bonds. The van der Waals surface area contributed by atoms with Crippen molar-refractivity contribution in [2.24, 2.45) is 0 Å². The quantitative estimate of drug-likeness (QED) is 0.767. The van der Waals surface area contributed by atoms with E-state index in [4.69, 9.17) is 26.2 Å². The number of rotatable bonds is 3. The fourth-order valence-corrected chi connectivity index (χ4v) is 2.32. The van der Waals surface area contributed by atoms with Gasteiger partial charge in [0, 0.05) is 16.1 Å². The van der Waals surface area contributed by atoms with Crippen LogP contribution in [0.5, 0.6) is 5.75 Å². The Hall–Kier alpha value is -2.79. The molecule has 0 aliphatic carbocycles. The van der Waals surface area contributed by atoms with Crippen LogP contribution in [0.3, 0.4) is 0 Å². The highest BCUT2D eigenvalue weighted by Gasteiger charge is 2.13. The van der Waals surface area contributed by atoms with Crippen molar-refractivity contribution < 1.29 is 13.9 Å². The van der Waals surface area contributed by atoms with Crippen LogP contribution in [0.25, 0.3) is 11.0 Å². The lowest BCUT2D eigenvalue weighted by Gasteiger charge is -2.08. The number of para-hydroxylation sites is 1. The normalized spacial score (nSPS) is 10.5. The minimum atomic E-state index is -0.425. The summed E-state index contributed by atoms with van der Waals surface area (Å²) in [6.45, 7) is 0. The molecule has 0 spiro atoms. The third-order valence-electron chi connectivity index (χ3n) is 3.32. The maximum absolute atomic E-state index is 12.4. The Morgan fingerprint density at radius 2 is 1.96 bits per heavy atom. The molecule has 0 atom stereocenters. The monoisotopic (exact) mass is 328 g/mol. The second-order valence-corrected chi connectivity index (χ2v) is 5.27. The van der Waals surface area contributed by atoms with Gasteiger partial charge >= 0.3 is 0 Å². The van der Waals surface area contributed by atoms with Crippen molar-refractivity contribution in [2.75, 3.05) is 12.4 Å². The molecule has 0 radical (unpaired) electrons. The van der Waals surface area contributed by atoms with Crippen LogP contribution in [-0.4, -0.2) is 13.0 Å². The van der Waals surface area contributed by atoms with Crippen LogP contribution in [0.1, 0.15) is 10.4 Å². The summed E-state index contributed by atoms with van der Waals surface area (Å²) in [5, 5.41) is 11.9. The number of carbonyl (C=O) groups is 1. The summed E-state index contributed by atoms with van der Waals surface area (Å²) in [6, 6.07) is 13.6. The van der Waals surface area contributed by atoms with Gasteiger partial charge in [-0.05, 0) is 36.4 Å². The Morgan fingerprint density at radius 3 is 2.65 bits per heavy atom. The van der Waals surface area contributed by atoms with E-state index in [1.54, 1.807) is 48.5 Å². The number of benzene rings is 2. The predicted octanol–water partition coefficient (Wildman–Crippen LogP) is 3.83. The molecule has 23 heavy (non-hydrogen) atoms. The van der Waals surface area contributed by atoms with E-state index in [2.05, 4.69) is 5.32 Å². The van der Waals surface area contributed by atoms with E-state index in [0.717, 1.165) is 0 Å². The van der Waals surface area contributed by atoms with Gasteiger partial charge < -0.3 is 14.5 Å². The number of ether oxygens (including phenoxy) is 1. The van der Waals surface area contributed by atoms with Crippen LogP contribution >= 0.6 is 11.6 Å². The van der Waals surface area contributed by atoms with Crippen LogP contribution in [0.2, 0.25) is 5.02 Å². The van der Waals surface area contributed by atoms with Crippen LogP contribution in [0.4, 0.5) is 5.69 Å². The Balaban J connectivity index is 1.99. The van der Waals surface area contributed by atoms with Gasteiger partial charge in [0.1, 0.15) is 5.56 Å². The molecule has 1 aromatic heterocycles. The Labute approximate surface area is 137 Å². The zero-order chi connectivity index (χ0) is 16.4. The maximum Gasteiger partial charge on any atom is 0.261 e. The lowest BCUT2D eigenvalue weighted by Crippen LogP contribution is -2.20. The SMILES string of the molecule is COc1cccc2cc(C(=O)Nc3ccc(Cl)cc3)c(=N)oc12. The second-order valence-electron chi connectivity index (χ2n) is 4.83. The zero-order valence-electron chi connectivity index (χ0n) is 12.2. The van der Waals surface area contributed by atoms with Crippen LogP contribution in [0.15, 0.2) is 52.9 Å². The molecular formula is C17H13ClN2O3. The van der Waals surface area contributed by atoms with Gasteiger partial charge in [0.25, 0.3) is 5.91 Å². The van der Waals surface area contributed by atoms with Crippen LogP contribution < -0.4 is 15.6 Å². The minimum absolute atomic E-state index is 0.140. The van der Waals surface area contributed by atoms with E-state index >= 15 is 0 Å². The lowest BCUT2D eigenvalue weighted by molar-refractivity contribution is 0.102. The first-order valence-corrected chi connectivity index (χ1v) is 7.18. The average Bonchev–Trinajstić information content (AvgIpc) is 2.55. The van der Waals surface area contributed by atoms with E-state index in [0.29, 0.717) is 27.4 Å². The lowest BCUT2D eigenvalue weighted by atomic mass is 10.1. The van der Waals surface area contributed by atoms with E-state index in [1.807, 2.05) is 0 Å².